The zero-order valence-corrected chi connectivity index (χ0v) is 13.4. The van der Waals surface area contributed by atoms with Crippen molar-refractivity contribution in [2.45, 2.75) is 18.7 Å². The molecule has 0 saturated heterocycles. The van der Waals surface area contributed by atoms with Gasteiger partial charge >= 0.3 is 0 Å². The van der Waals surface area contributed by atoms with Gasteiger partial charge in [0.05, 0.1) is 20.4 Å². The lowest BCUT2D eigenvalue weighted by molar-refractivity contribution is -0.123. The Hall–Kier alpha value is -2.87. The number of rotatable bonds is 6. The van der Waals surface area contributed by atoms with Crippen LogP contribution in [0.5, 0.6) is 0 Å². The highest BCUT2D eigenvalue weighted by Gasteiger charge is 2.46. The number of ether oxygens (including phenoxy) is 2. The van der Waals surface area contributed by atoms with Gasteiger partial charge in [-0.1, -0.05) is 35.5 Å². The van der Waals surface area contributed by atoms with Crippen LogP contribution in [-0.4, -0.2) is 46.0 Å². The first kappa shape index (κ1) is 16.0. The van der Waals surface area contributed by atoms with Gasteiger partial charge in [0, 0.05) is 18.5 Å². The van der Waals surface area contributed by atoms with E-state index in [1.54, 1.807) is 10.9 Å². The molecule has 1 aromatic heterocycles. The molecule has 0 saturated carbocycles. The monoisotopic (exact) mass is 330 g/mol. The highest BCUT2D eigenvalue weighted by atomic mass is 16.5. The standard InChI is InChI=1S/C16H18N4O4/c1-23-13-14(24-2)16(22,17-15(13)21)8-9-20-10-12(18-19-20)11-6-4-3-5-7-11/h3-7,10,22H,8-9H2,1-2H3,(H,17,21). The predicted octanol–water partition coefficient (Wildman–Crippen LogP) is 0.658. The maximum absolute atomic E-state index is 11.8. The third-order valence-corrected chi connectivity index (χ3v) is 3.83. The van der Waals surface area contributed by atoms with Crippen molar-refractivity contribution in [2.75, 3.05) is 14.2 Å². The number of nitrogens with zero attached hydrogens (tertiary/aromatic N) is 3. The van der Waals surface area contributed by atoms with E-state index in [-0.39, 0.29) is 17.9 Å². The molecule has 0 fully saturated rings. The molecule has 1 atom stereocenters. The molecule has 0 radical (unpaired) electrons. The number of amides is 1. The molecular weight excluding hydrogens is 312 g/mol. The van der Waals surface area contributed by atoms with Crippen molar-refractivity contribution in [2.24, 2.45) is 0 Å². The average Bonchev–Trinajstić information content (AvgIpc) is 3.16. The normalized spacial score (nSPS) is 20.2. The van der Waals surface area contributed by atoms with E-state index in [1.807, 2.05) is 30.3 Å². The summed E-state index contributed by atoms with van der Waals surface area (Å²) in [4.78, 5) is 11.8. The van der Waals surface area contributed by atoms with Crippen LogP contribution in [0, 0.1) is 0 Å². The second-order valence-electron chi connectivity index (χ2n) is 5.36. The van der Waals surface area contributed by atoms with Crippen LogP contribution in [0.25, 0.3) is 11.3 Å². The Morgan fingerprint density at radius 2 is 2.00 bits per heavy atom. The van der Waals surface area contributed by atoms with Gasteiger partial charge in [-0.2, -0.15) is 0 Å². The first-order valence-electron chi connectivity index (χ1n) is 7.40. The number of aliphatic hydroxyl groups is 1. The van der Waals surface area contributed by atoms with Gasteiger partial charge in [-0.3, -0.25) is 9.48 Å². The maximum atomic E-state index is 11.8. The minimum absolute atomic E-state index is 0.0245. The fourth-order valence-electron chi connectivity index (χ4n) is 2.64. The molecular formula is C16H18N4O4. The third kappa shape index (κ3) is 2.83. The van der Waals surface area contributed by atoms with Crippen LogP contribution in [-0.2, 0) is 20.8 Å². The molecule has 1 aromatic carbocycles. The van der Waals surface area contributed by atoms with Gasteiger partial charge in [0.15, 0.2) is 5.76 Å². The Labute approximate surface area is 138 Å². The van der Waals surface area contributed by atoms with E-state index in [4.69, 9.17) is 9.47 Å². The molecule has 1 aliphatic rings. The Kier molecular flexibility index (Phi) is 4.22. The Morgan fingerprint density at radius 1 is 1.25 bits per heavy atom. The second kappa shape index (κ2) is 6.32. The molecule has 1 unspecified atom stereocenters. The number of hydrogen-bond donors (Lipinski definition) is 2. The Morgan fingerprint density at radius 3 is 2.67 bits per heavy atom. The van der Waals surface area contributed by atoms with E-state index < -0.39 is 11.6 Å². The van der Waals surface area contributed by atoms with Gasteiger partial charge < -0.3 is 19.9 Å². The van der Waals surface area contributed by atoms with E-state index >= 15 is 0 Å². The molecule has 8 heteroatoms. The molecule has 3 rings (SSSR count). The van der Waals surface area contributed by atoms with Crippen LogP contribution in [0.4, 0.5) is 0 Å². The SMILES string of the molecule is COC1=C(OC)C(O)(CCn2cc(-c3ccccc3)nn2)NC1=O. The van der Waals surface area contributed by atoms with Gasteiger partial charge in [0.1, 0.15) is 5.69 Å². The molecule has 24 heavy (non-hydrogen) atoms. The summed E-state index contributed by atoms with van der Waals surface area (Å²) in [5, 5.41) is 21.3. The fourth-order valence-corrected chi connectivity index (χ4v) is 2.64. The lowest BCUT2D eigenvalue weighted by atomic mass is 10.1. The molecule has 1 aliphatic heterocycles. The third-order valence-electron chi connectivity index (χ3n) is 3.83. The number of benzene rings is 1. The van der Waals surface area contributed by atoms with Crippen molar-refractivity contribution >= 4 is 5.91 Å². The predicted molar refractivity (Wildman–Crippen MR) is 84.2 cm³/mol. The molecule has 126 valence electrons. The topological polar surface area (TPSA) is 98.5 Å². The van der Waals surface area contributed by atoms with Gasteiger partial charge in [-0.05, 0) is 0 Å². The number of methoxy groups -OCH3 is 2. The second-order valence-corrected chi connectivity index (χ2v) is 5.36. The van der Waals surface area contributed by atoms with Crippen molar-refractivity contribution < 1.29 is 19.4 Å². The maximum Gasteiger partial charge on any atom is 0.292 e. The highest BCUT2D eigenvalue weighted by Crippen LogP contribution is 2.29. The first-order chi connectivity index (χ1) is 11.6. The number of carbonyl (C=O) groups is 1. The molecule has 0 aliphatic carbocycles. The van der Waals surface area contributed by atoms with Gasteiger partial charge in [-0.25, -0.2) is 0 Å². The minimum Gasteiger partial charge on any atom is -0.492 e. The van der Waals surface area contributed by atoms with Crippen molar-refractivity contribution in [1.82, 2.24) is 20.3 Å². The number of aryl methyl sites for hydroxylation is 1. The van der Waals surface area contributed by atoms with Crippen molar-refractivity contribution in [3.05, 3.63) is 48.0 Å². The lowest BCUT2D eigenvalue weighted by Crippen LogP contribution is -2.45. The van der Waals surface area contributed by atoms with Crippen molar-refractivity contribution in [1.29, 1.82) is 0 Å². The fraction of sp³-hybridized carbons (Fsp3) is 0.312. The van der Waals surface area contributed by atoms with Gasteiger partial charge in [0.2, 0.25) is 11.5 Å². The molecule has 2 heterocycles. The minimum atomic E-state index is -1.63. The lowest BCUT2D eigenvalue weighted by Gasteiger charge is -2.24. The van der Waals surface area contributed by atoms with E-state index in [0.29, 0.717) is 6.54 Å². The Balaban J connectivity index is 1.73. The zero-order valence-electron chi connectivity index (χ0n) is 13.4. The summed E-state index contributed by atoms with van der Waals surface area (Å²) < 4.78 is 11.7. The van der Waals surface area contributed by atoms with Crippen LogP contribution in [0.15, 0.2) is 48.0 Å². The summed E-state index contributed by atoms with van der Waals surface area (Å²) in [7, 11) is 2.73. The van der Waals surface area contributed by atoms with Gasteiger partial charge in [-0.15, -0.1) is 5.10 Å². The van der Waals surface area contributed by atoms with E-state index in [9.17, 15) is 9.90 Å². The number of aromatic nitrogens is 3. The van der Waals surface area contributed by atoms with Crippen molar-refractivity contribution in [3.63, 3.8) is 0 Å². The summed E-state index contributed by atoms with van der Waals surface area (Å²) in [6.45, 7) is 0.334. The largest absolute Gasteiger partial charge is 0.492 e. The smallest absolute Gasteiger partial charge is 0.292 e. The summed E-state index contributed by atoms with van der Waals surface area (Å²) in [5.74, 6) is -0.470. The van der Waals surface area contributed by atoms with Crippen LogP contribution >= 0.6 is 0 Å². The molecule has 0 spiro atoms. The summed E-state index contributed by atoms with van der Waals surface area (Å²) in [5.41, 5.74) is 0.0599. The zero-order chi connectivity index (χ0) is 17.2. The summed E-state index contributed by atoms with van der Waals surface area (Å²) in [6, 6.07) is 9.66. The quantitative estimate of drug-likeness (QED) is 0.807. The molecule has 8 nitrogen and oxygen atoms in total. The van der Waals surface area contributed by atoms with Crippen LogP contribution in [0.2, 0.25) is 0 Å². The molecule has 2 N–H and O–H groups in total. The van der Waals surface area contributed by atoms with E-state index in [2.05, 4.69) is 15.6 Å². The molecule has 0 bridgehead atoms. The molecule has 2 aromatic rings. The van der Waals surface area contributed by atoms with Crippen molar-refractivity contribution in [3.8, 4) is 11.3 Å². The van der Waals surface area contributed by atoms with E-state index in [1.165, 1.54) is 14.2 Å². The van der Waals surface area contributed by atoms with Gasteiger partial charge in [0.25, 0.3) is 5.91 Å². The summed E-state index contributed by atoms with van der Waals surface area (Å²) >= 11 is 0. The average molecular weight is 330 g/mol. The number of hydrogen-bond acceptors (Lipinski definition) is 6. The van der Waals surface area contributed by atoms with E-state index in [0.717, 1.165) is 11.3 Å². The first-order valence-corrected chi connectivity index (χ1v) is 7.40. The van der Waals surface area contributed by atoms with Crippen LogP contribution < -0.4 is 5.32 Å². The van der Waals surface area contributed by atoms with Crippen LogP contribution in [0.3, 0.4) is 0 Å². The van der Waals surface area contributed by atoms with Crippen LogP contribution in [0.1, 0.15) is 6.42 Å². The Bertz CT molecular complexity index is 771. The number of carbonyl (C=O) groups excluding carboxylic acids is 1. The number of nitrogens with one attached hydrogen (secondary N) is 1. The molecule has 1 amide bonds. The highest BCUT2D eigenvalue weighted by molar-refractivity contribution is 5.95. The summed E-state index contributed by atoms with van der Waals surface area (Å²) in [6.07, 6.45) is 1.94.